The number of nitrogens with zero attached hydrogens (tertiary/aromatic N) is 2. The number of hydrogen-bond donors (Lipinski definition) is 2. The van der Waals surface area contributed by atoms with E-state index in [0.29, 0.717) is 22.4 Å². The molecule has 3 aromatic heterocycles. The third kappa shape index (κ3) is 2.45. The number of benzene rings is 1. The van der Waals surface area contributed by atoms with Gasteiger partial charge in [-0.05, 0) is 43.5 Å². The van der Waals surface area contributed by atoms with Crippen LogP contribution in [0.2, 0.25) is 0 Å². The first-order valence-corrected chi connectivity index (χ1v) is 9.65. The second-order valence-electron chi connectivity index (χ2n) is 7.41. The predicted octanol–water partition coefficient (Wildman–Crippen LogP) is 4.05. The van der Waals surface area contributed by atoms with Gasteiger partial charge >= 0.3 is 0 Å². The Kier molecular flexibility index (Phi) is 3.71. The highest BCUT2D eigenvalue weighted by atomic mass is 16.2. The van der Waals surface area contributed by atoms with E-state index in [1.807, 2.05) is 56.6 Å². The summed E-state index contributed by atoms with van der Waals surface area (Å²) in [6, 6.07) is 9.99. The summed E-state index contributed by atoms with van der Waals surface area (Å²) in [5.74, 6) is -0.760. The molecule has 1 aliphatic rings. The third-order valence-electron chi connectivity index (χ3n) is 5.66. The molecule has 2 N–H and O–H groups in total. The highest BCUT2D eigenvalue weighted by Gasteiger charge is 2.36. The average molecular weight is 388 g/mol. The summed E-state index contributed by atoms with van der Waals surface area (Å²) in [5.41, 5.74) is 6.96. The van der Waals surface area contributed by atoms with Crippen molar-refractivity contribution in [2.75, 3.05) is 0 Å². The Morgan fingerprint density at radius 1 is 1.10 bits per heavy atom. The number of aromatic amines is 1. The Hall–Kier alpha value is -3.67. The molecule has 0 bridgehead atoms. The van der Waals surface area contributed by atoms with E-state index in [0.717, 1.165) is 39.5 Å². The van der Waals surface area contributed by atoms with Crippen molar-refractivity contribution in [2.24, 2.45) is 0 Å². The number of nitrogens with one attached hydrogen (secondary N) is 2. The van der Waals surface area contributed by atoms with E-state index in [1.165, 1.54) is 0 Å². The van der Waals surface area contributed by atoms with Crippen LogP contribution in [0.25, 0.3) is 27.6 Å². The molecule has 4 aromatic rings. The number of aryl methyl sites for hydroxylation is 3. The van der Waals surface area contributed by atoms with Gasteiger partial charge in [0.05, 0.1) is 22.4 Å². The molecule has 2 amide bonds. The van der Waals surface area contributed by atoms with Gasteiger partial charge in [-0.1, -0.05) is 25.1 Å². The first-order chi connectivity index (χ1) is 14.0. The molecule has 0 radical (unpaired) electrons. The summed E-state index contributed by atoms with van der Waals surface area (Å²) in [6.45, 7) is 5.97. The smallest absolute Gasteiger partial charge is 0.259 e. The second-order valence-corrected chi connectivity index (χ2v) is 7.41. The highest BCUT2D eigenvalue weighted by molar-refractivity contribution is 6.50. The molecule has 6 nitrogen and oxygen atoms in total. The largest absolute Gasteiger partial charge is 0.360 e. The van der Waals surface area contributed by atoms with E-state index in [1.54, 1.807) is 4.52 Å². The van der Waals surface area contributed by atoms with Crippen LogP contribution in [0.3, 0.4) is 0 Å². The maximum absolute atomic E-state index is 12.9. The van der Waals surface area contributed by atoms with Crippen LogP contribution >= 0.6 is 0 Å². The Balaban J connectivity index is 0.00000136. The van der Waals surface area contributed by atoms with Crippen LogP contribution in [0.5, 0.6) is 0 Å². The summed E-state index contributed by atoms with van der Waals surface area (Å²) < 4.78 is 1.77. The maximum atomic E-state index is 12.9. The number of rotatable bonds is 3. The molecule has 5 rings (SSSR count). The van der Waals surface area contributed by atoms with Gasteiger partial charge in [0.25, 0.3) is 11.8 Å². The van der Waals surface area contributed by atoms with E-state index in [2.05, 4.69) is 22.3 Å². The maximum Gasteiger partial charge on any atom is 0.259 e. The Labute approximate surface area is 170 Å². The molecule has 4 heterocycles. The van der Waals surface area contributed by atoms with Gasteiger partial charge in [0.1, 0.15) is 0 Å². The minimum Gasteiger partial charge on any atom is -0.360 e. The van der Waals surface area contributed by atoms with Gasteiger partial charge in [0, 0.05) is 37.3 Å². The number of para-hydroxylation sites is 1. The van der Waals surface area contributed by atoms with Crippen LogP contribution in [0, 0.1) is 13.8 Å². The van der Waals surface area contributed by atoms with Crippen LogP contribution in [0.4, 0.5) is 0 Å². The van der Waals surface area contributed by atoms with Gasteiger partial charge in [-0.2, -0.15) is 5.10 Å². The molecule has 148 valence electrons. The lowest BCUT2D eigenvalue weighted by molar-refractivity contribution is -0.122. The topological polar surface area (TPSA) is 79.3 Å². The molecule has 0 atom stereocenters. The van der Waals surface area contributed by atoms with Gasteiger partial charge in [-0.15, -0.1) is 0 Å². The Morgan fingerprint density at radius 3 is 2.69 bits per heavy atom. The molecular weight excluding hydrogens is 364 g/mol. The molecule has 1 aromatic carbocycles. The fourth-order valence-corrected chi connectivity index (χ4v) is 4.20. The third-order valence-corrected chi connectivity index (χ3v) is 5.66. The van der Waals surface area contributed by atoms with Crippen LogP contribution in [0.1, 0.15) is 37.7 Å². The molecule has 0 spiro atoms. The number of amides is 2. The number of carbonyl (C=O) groups is 2. The zero-order valence-electron chi connectivity index (χ0n) is 16.5. The van der Waals surface area contributed by atoms with Crippen molar-refractivity contribution in [3.8, 4) is 0 Å². The van der Waals surface area contributed by atoms with Crippen molar-refractivity contribution < 1.29 is 12.4 Å². The van der Waals surface area contributed by atoms with Gasteiger partial charge < -0.3 is 4.98 Å². The van der Waals surface area contributed by atoms with Crippen LogP contribution < -0.4 is 5.32 Å². The molecule has 0 saturated carbocycles. The van der Waals surface area contributed by atoms with Crippen molar-refractivity contribution in [1.82, 2.24) is 19.9 Å². The SMILES string of the molecule is CCc1ccn2nc(C)c(C3=C(c4c[nH]c5c(C)cccc45)C(=O)NC3=O)c2c1.[HH].[HH]. The minimum atomic E-state index is -0.382. The van der Waals surface area contributed by atoms with Crippen LogP contribution in [-0.4, -0.2) is 26.4 Å². The van der Waals surface area contributed by atoms with Crippen molar-refractivity contribution >= 4 is 39.4 Å². The van der Waals surface area contributed by atoms with E-state index >= 15 is 0 Å². The molecule has 0 unspecified atom stereocenters. The first kappa shape index (κ1) is 17.4. The number of aromatic nitrogens is 3. The Morgan fingerprint density at radius 2 is 1.90 bits per heavy atom. The summed E-state index contributed by atoms with van der Waals surface area (Å²) in [7, 11) is 0. The average Bonchev–Trinajstić information content (AvgIpc) is 3.34. The van der Waals surface area contributed by atoms with Crippen molar-refractivity contribution in [3.63, 3.8) is 0 Å². The Bertz CT molecular complexity index is 1380. The molecule has 0 saturated heterocycles. The predicted molar refractivity (Wildman–Crippen MR) is 117 cm³/mol. The van der Waals surface area contributed by atoms with Crippen molar-refractivity contribution in [2.45, 2.75) is 27.2 Å². The number of fused-ring (bicyclic) bond motifs is 2. The molecular formula is C23H24N4O2. The van der Waals surface area contributed by atoms with Crippen LogP contribution in [-0.2, 0) is 16.0 Å². The van der Waals surface area contributed by atoms with Crippen LogP contribution in [0.15, 0.2) is 42.7 Å². The monoisotopic (exact) mass is 388 g/mol. The standard InChI is InChI=1S/C23H20N4O2.2H2/c1-4-14-8-9-27-17(10-14)18(13(3)26-27)20-19(22(28)25-23(20)29)16-11-24-21-12(2)6-5-7-15(16)21;;/h5-11,24H,4H2,1-3H3,(H,25,28,29);2*1H. The van der Waals surface area contributed by atoms with Crippen molar-refractivity contribution in [1.29, 1.82) is 0 Å². The van der Waals surface area contributed by atoms with Gasteiger partial charge in [0.2, 0.25) is 0 Å². The van der Waals surface area contributed by atoms with Crippen molar-refractivity contribution in [3.05, 3.63) is 70.7 Å². The lowest BCUT2D eigenvalue weighted by Crippen LogP contribution is -2.22. The minimum absolute atomic E-state index is 0. The molecule has 1 aliphatic heterocycles. The first-order valence-electron chi connectivity index (χ1n) is 9.65. The summed E-state index contributed by atoms with van der Waals surface area (Å²) in [4.78, 5) is 29.0. The highest BCUT2D eigenvalue weighted by Crippen LogP contribution is 2.38. The number of H-pyrrole nitrogens is 1. The van der Waals surface area contributed by atoms with Gasteiger partial charge in [0.15, 0.2) is 0 Å². The summed E-state index contributed by atoms with van der Waals surface area (Å²) in [5, 5.41) is 7.98. The number of imide groups is 1. The fourth-order valence-electron chi connectivity index (χ4n) is 4.20. The van der Waals surface area contributed by atoms with Gasteiger partial charge in [-0.25, -0.2) is 4.52 Å². The second kappa shape index (κ2) is 6.17. The van der Waals surface area contributed by atoms with E-state index in [4.69, 9.17) is 0 Å². The summed E-state index contributed by atoms with van der Waals surface area (Å²) >= 11 is 0. The molecule has 0 aliphatic carbocycles. The molecule has 29 heavy (non-hydrogen) atoms. The fraction of sp³-hybridized carbons (Fsp3) is 0.174. The lowest BCUT2D eigenvalue weighted by Gasteiger charge is -2.05. The zero-order valence-corrected chi connectivity index (χ0v) is 16.5. The normalized spacial score (nSPS) is 14.4. The zero-order chi connectivity index (χ0) is 20.3. The number of hydrogen-bond acceptors (Lipinski definition) is 3. The number of carbonyl (C=O) groups excluding carboxylic acids is 2. The molecule has 0 fully saturated rings. The summed E-state index contributed by atoms with van der Waals surface area (Å²) in [6.07, 6.45) is 4.58. The quantitative estimate of drug-likeness (QED) is 0.520. The molecule has 6 heteroatoms. The number of pyridine rings is 1. The van der Waals surface area contributed by atoms with E-state index in [9.17, 15) is 9.59 Å². The van der Waals surface area contributed by atoms with E-state index < -0.39 is 0 Å². The lowest BCUT2D eigenvalue weighted by atomic mass is 9.94. The van der Waals surface area contributed by atoms with E-state index in [-0.39, 0.29) is 14.7 Å². The van der Waals surface area contributed by atoms with Gasteiger partial charge in [-0.3, -0.25) is 14.9 Å².